The summed E-state index contributed by atoms with van der Waals surface area (Å²) in [6, 6.07) is 10.1. The van der Waals surface area contributed by atoms with Crippen LogP contribution in [0.1, 0.15) is 37.4 Å². The lowest BCUT2D eigenvalue weighted by molar-refractivity contribution is -0.128. The first kappa shape index (κ1) is 17.4. The van der Waals surface area contributed by atoms with Gasteiger partial charge in [0.15, 0.2) is 0 Å². The van der Waals surface area contributed by atoms with Gasteiger partial charge in [0.25, 0.3) is 0 Å². The van der Waals surface area contributed by atoms with Gasteiger partial charge in [-0.25, -0.2) is 0 Å². The lowest BCUT2D eigenvalue weighted by atomic mass is 9.97. The van der Waals surface area contributed by atoms with Crippen LogP contribution in [0.2, 0.25) is 0 Å². The number of nitrogens with zero attached hydrogens (tertiary/aromatic N) is 1. The minimum atomic E-state index is -0.445. The van der Waals surface area contributed by atoms with E-state index in [1.807, 2.05) is 30.3 Å². The molecule has 24 heavy (non-hydrogen) atoms. The molecule has 132 valence electrons. The standard InChI is InChI=1S/C19H28N2O3/c22-18(15-4-2-1-3-5-15)14-21-10-6-17(7-11-21)20-19(23)16-8-12-24-13-9-16/h1-5,16-18,22H,6-14H2,(H,20,23)/t18-/m0/s1. The maximum Gasteiger partial charge on any atom is 0.223 e. The number of benzene rings is 1. The Labute approximate surface area is 144 Å². The number of nitrogens with one attached hydrogen (secondary N) is 1. The molecule has 0 saturated carbocycles. The van der Waals surface area contributed by atoms with E-state index in [-0.39, 0.29) is 17.9 Å². The fourth-order valence-electron chi connectivity index (χ4n) is 3.56. The van der Waals surface area contributed by atoms with Gasteiger partial charge in [-0.2, -0.15) is 0 Å². The summed E-state index contributed by atoms with van der Waals surface area (Å²) in [5, 5.41) is 13.5. The van der Waals surface area contributed by atoms with E-state index in [2.05, 4.69) is 10.2 Å². The number of piperidine rings is 1. The number of carbonyl (C=O) groups is 1. The average molecular weight is 332 g/mol. The third-order valence-electron chi connectivity index (χ3n) is 5.14. The van der Waals surface area contributed by atoms with Gasteiger partial charge in [-0.3, -0.25) is 4.79 Å². The zero-order valence-corrected chi connectivity index (χ0v) is 14.2. The van der Waals surface area contributed by atoms with Gasteiger partial charge in [0.1, 0.15) is 0 Å². The Hall–Kier alpha value is -1.43. The first-order valence-corrected chi connectivity index (χ1v) is 9.06. The normalized spacial score (nSPS) is 22.2. The number of carbonyl (C=O) groups excluding carboxylic acids is 1. The predicted octanol–water partition coefficient (Wildman–Crippen LogP) is 1.73. The molecule has 1 aromatic carbocycles. The van der Waals surface area contributed by atoms with Gasteiger partial charge in [-0.1, -0.05) is 30.3 Å². The highest BCUT2D eigenvalue weighted by Gasteiger charge is 2.26. The van der Waals surface area contributed by atoms with Gasteiger partial charge >= 0.3 is 0 Å². The van der Waals surface area contributed by atoms with E-state index in [0.29, 0.717) is 19.8 Å². The summed E-state index contributed by atoms with van der Waals surface area (Å²) >= 11 is 0. The summed E-state index contributed by atoms with van der Waals surface area (Å²) in [5.74, 6) is 0.317. The molecule has 2 aliphatic rings. The van der Waals surface area contributed by atoms with Crippen LogP contribution in [0.25, 0.3) is 0 Å². The van der Waals surface area contributed by atoms with Crippen LogP contribution in [-0.4, -0.2) is 54.8 Å². The first-order valence-electron chi connectivity index (χ1n) is 9.06. The molecule has 2 N–H and O–H groups in total. The highest BCUT2D eigenvalue weighted by Crippen LogP contribution is 2.19. The molecule has 0 radical (unpaired) electrons. The molecular weight excluding hydrogens is 304 g/mol. The molecule has 2 aliphatic heterocycles. The molecule has 0 unspecified atom stereocenters. The molecule has 0 aliphatic carbocycles. The summed E-state index contributed by atoms with van der Waals surface area (Å²) in [4.78, 5) is 14.6. The van der Waals surface area contributed by atoms with E-state index in [9.17, 15) is 9.90 Å². The second-order valence-corrected chi connectivity index (χ2v) is 6.90. The van der Waals surface area contributed by atoms with Crippen LogP contribution < -0.4 is 5.32 Å². The predicted molar refractivity (Wildman–Crippen MR) is 92.5 cm³/mol. The van der Waals surface area contributed by atoms with Crippen molar-refractivity contribution in [3.8, 4) is 0 Å². The number of ether oxygens (including phenoxy) is 1. The maximum absolute atomic E-state index is 12.3. The second kappa shape index (κ2) is 8.60. The van der Waals surface area contributed by atoms with Gasteiger partial charge in [-0.05, 0) is 31.2 Å². The molecule has 5 heteroatoms. The zero-order chi connectivity index (χ0) is 16.8. The first-order chi connectivity index (χ1) is 11.7. The van der Waals surface area contributed by atoms with E-state index in [1.165, 1.54) is 0 Å². The average Bonchev–Trinajstić information content (AvgIpc) is 2.65. The quantitative estimate of drug-likeness (QED) is 0.862. The van der Waals surface area contributed by atoms with Gasteiger partial charge < -0.3 is 20.1 Å². The topological polar surface area (TPSA) is 61.8 Å². The SMILES string of the molecule is O=C(NC1CCN(C[C@H](O)c2ccccc2)CC1)C1CCOCC1. The molecule has 0 aromatic heterocycles. The third-order valence-corrected chi connectivity index (χ3v) is 5.14. The molecule has 2 saturated heterocycles. The summed E-state index contributed by atoms with van der Waals surface area (Å²) < 4.78 is 5.32. The number of β-amino-alcohol motifs (C(OH)–C–C–N with tert-alkyl or cyclic N) is 1. The van der Waals surface area contributed by atoms with E-state index in [4.69, 9.17) is 4.74 Å². The van der Waals surface area contributed by atoms with Crippen molar-refractivity contribution in [2.75, 3.05) is 32.8 Å². The molecule has 0 bridgehead atoms. The minimum absolute atomic E-state index is 0.122. The third kappa shape index (κ3) is 4.79. The number of likely N-dealkylation sites (tertiary alicyclic amines) is 1. The summed E-state index contributed by atoms with van der Waals surface area (Å²) in [6.07, 6.45) is 3.15. The highest BCUT2D eigenvalue weighted by molar-refractivity contribution is 5.79. The smallest absolute Gasteiger partial charge is 0.223 e. The molecule has 0 spiro atoms. The largest absolute Gasteiger partial charge is 0.387 e. The Morgan fingerprint density at radius 1 is 1.17 bits per heavy atom. The molecule has 2 heterocycles. The van der Waals surface area contributed by atoms with Crippen molar-refractivity contribution in [3.63, 3.8) is 0 Å². The monoisotopic (exact) mass is 332 g/mol. The van der Waals surface area contributed by atoms with E-state index in [0.717, 1.165) is 44.3 Å². The van der Waals surface area contributed by atoms with Crippen LogP contribution >= 0.6 is 0 Å². The minimum Gasteiger partial charge on any atom is -0.387 e. The van der Waals surface area contributed by atoms with Crippen LogP contribution in [0.4, 0.5) is 0 Å². The van der Waals surface area contributed by atoms with Crippen LogP contribution in [-0.2, 0) is 9.53 Å². The Morgan fingerprint density at radius 3 is 2.50 bits per heavy atom. The van der Waals surface area contributed by atoms with Crippen LogP contribution in [0.3, 0.4) is 0 Å². The van der Waals surface area contributed by atoms with Crippen molar-refractivity contribution in [2.24, 2.45) is 5.92 Å². The Kier molecular flexibility index (Phi) is 6.24. The van der Waals surface area contributed by atoms with Crippen LogP contribution in [0.5, 0.6) is 0 Å². The number of aliphatic hydroxyl groups excluding tert-OH is 1. The highest BCUT2D eigenvalue weighted by atomic mass is 16.5. The van der Waals surface area contributed by atoms with Crippen LogP contribution in [0, 0.1) is 5.92 Å². The summed E-state index contributed by atoms with van der Waals surface area (Å²) in [5.41, 5.74) is 0.965. The van der Waals surface area contributed by atoms with Gasteiger partial charge in [0, 0.05) is 44.8 Å². The van der Waals surface area contributed by atoms with Crippen molar-refractivity contribution in [1.82, 2.24) is 10.2 Å². The van der Waals surface area contributed by atoms with Crippen molar-refractivity contribution in [3.05, 3.63) is 35.9 Å². The van der Waals surface area contributed by atoms with Crippen molar-refractivity contribution >= 4 is 5.91 Å². The van der Waals surface area contributed by atoms with Gasteiger partial charge in [0.05, 0.1) is 6.10 Å². The molecule has 1 amide bonds. The lowest BCUT2D eigenvalue weighted by Gasteiger charge is -2.34. The molecule has 1 atom stereocenters. The van der Waals surface area contributed by atoms with E-state index in [1.54, 1.807) is 0 Å². The molecule has 5 nitrogen and oxygen atoms in total. The fourth-order valence-corrected chi connectivity index (χ4v) is 3.56. The molecule has 2 fully saturated rings. The number of hydrogen-bond donors (Lipinski definition) is 2. The Morgan fingerprint density at radius 2 is 1.83 bits per heavy atom. The van der Waals surface area contributed by atoms with Crippen LogP contribution in [0.15, 0.2) is 30.3 Å². The summed E-state index contributed by atoms with van der Waals surface area (Å²) in [7, 11) is 0. The van der Waals surface area contributed by atoms with Crippen molar-refractivity contribution in [2.45, 2.75) is 37.8 Å². The van der Waals surface area contributed by atoms with Crippen molar-refractivity contribution in [1.29, 1.82) is 0 Å². The number of hydrogen-bond acceptors (Lipinski definition) is 4. The molecule has 3 rings (SSSR count). The summed E-state index contributed by atoms with van der Waals surface area (Å²) in [6.45, 7) is 3.90. The van der Waals surface area contributed by atoms with E-state index < -0.39 is 6.10 Å². The maximum atomic E-state index is 12.3. The van der Waals surface area contributed by atoms with Crippen molar-refractivity contribution < 1.29 is 14.6 Å². The number of amides is 1. The lowest BCUT2D eigenvalue weighted by Crippen LogP contribution is -2.47. The zero-order valence-electron chi connectivity index (χ0n) is 14.2. The van der Waals surface area contributed by atoms with E-state index >= 15 is 0 Å². The van der Waals surface area contributed by atoms with Gasteiger partial charge in [0.2, 0.25) is 5.91 Å². The number of aliphatic hydroxyl groups is 1. The molecular formula is C19H28N2O3. The van der Waals surface area contributed by atoms with Gasteiger partial charge in [-0.15, -0.1) is 0 Å². The Balaban J connectivity index is 1.40. The number of rotatable bonds is 5. The molecule has 1 aromatic rings. The second-order valence-electron chi connectivity index (χ2n) is 6.90. The Bertz CT molecular complexity index is 509. The fraction of sp³-hybridized carbons (Fsp3) is 0.632.